The average Bonchev–Trinajstić information content (AvgIpc) is 2.83. The van der Waals surface area contributed by atoms with Crippen LogP contribution >= 0.6 is 7.26 Å². The topological polar surface area (TPSA) is 0 Å². The van der Waals surface area contributed by atoms with Gasteiger partial charge in [-0.3, -0.25) is 0 Å². The third-order valence-corrected chi connectivity index (χ3v) is 10.1. The van der Waals surface area contributed by atoms with E-state index in [9.17, 15) is 26.3 Å². The summed E-state index contributed by atoms with van der Waals surface area (Å²) >= 11 is 0. The lowest BCUT2D eigenvalue weighted by Crippen LogP contribution is -2.33. The number of benzene rings is 4. The zero-order valence-electron chi connectivity index (χ0n) is 17.8. The molecule has 0 aromatic heterocycles. The Balaban J connectivity index is 2.11. The molecule has 0 fully saturated rings. The maximum absolute atomic E-state index is 14.0. The average molecular weight is 489 g/mol. The molecule has 34 heavy (non-hydrogen) atoms. The van der Waals surface area contributed by atoms with Gasteiger partial charge in [0.2, 0.25) is 0 Å². The van der Waals surface area contributed by atoms with E-state index in [1.807, 2.05) is 0 Å². The van der Waals surface area contributed by atoms with Crippen LogP contribution in [0.2, 0.25) is 0 Å². The molecule has 0 unspecified atom stereocenters. The van der Waals surface area contributed by atoms with E-state index in [2.05, 4.69) is 0 Å². The summed E-state index contributed by atoms with van der Waals surface area (Å²) in [6.07, 6.45) is -10.3. The summed E-state index contributed by atoms with van der Waals surface area (Å²) in [5, 5.41) is 2.12. The van der Waals surface area contributed by atoms with E-state index in [-0.39, 0.29) is 0 Å². The number of halogens is 6. The van der Waals surface area contributed by atoms with Gasteiger partial charge in [0.15, 0.2) is 0 Å². The Labute approximate surface area is 194 Å². The highest BCUT2D eigenvalue weighted by molar-refractivity contribution is 7.95. The van der Waals surface area contributed by atoms with Gasteiger partial charge in [-0.25, -0.2) is 0 Å². The molecule has 0 bridgehead atoms. The van der Waals surface area contributed by atoms with Crippen molar-refractivity contribution in [2.24, 2.45) is 0 Å². The maximum atomic E-state index is 14.0. The molecule has 0 amide bonds. The van der Waals surface area contributed by atoms with Crippen LogP contribution in [0.15, 0.2) is 109 Å². The largest absolute Gasteiger partial charge is 0.416 e. The quantitative estimate of drug-likeness (QED) is 0.205. The van der Waals surface area contributed by atoms with Crippen LogP contribution in [-0.4, -0.2) is 0 Å². The minimum Gasteiger partial charge on any atom is -0.166 e. The van der Waals surface area contributed by atoms with Gasteiger partial charge in [-0.15, -0.1) is 0 Å². The maximum Gasteiger partial charge on any atom is 0.416 e. The van der Waals surface area contributed by atoms with E-state index >= 15 is 0 Å². The van der Waals surface area contributed by atoms with Gasteiger partial charge in [-0.2, -0.15) is 26.3 Å². The fourth-order valence-electron chi connectivity index (χ4n) is 4.29. The summed E-state index contributed by atoms with van der Waals surface area (Å²) < 4.78 is 84.3. The van der Waals surface area contributed by atoms with Crippen molar-refractivity contribution in [1.82, 2.24) is 0 Å². The molecular weight excluding hydrogens is 469 g/mol. The zero-order valence-corrected chi connectivity index (χ0v) is 18.7. The third kappa shape index (κ3) is 4.60. The molecule has 0 spiro atoms. The fourth-order valence-corrected chi connectivity index (χ4v) is 8.59. The normalized spacial score (nSPS) is 12.5. The number of hydrogen-bond donors (Lipinski definition) is 0. The molecule has 0 atom stereocenters. The molecular formula is C27H20F6P+. The summed E-state index contributed by atoms with van der Waals surface area (Å²) in [4.78, 5) is 0. The van der Waals surface area contributed by atoms with Gasteiger partial charge in [0, 0.05) is 5.56 Å². The van der Waals surface area contributed by atoms with Crippen molar-refractivity contribution in [2.75, 3.05) is 0 Å². The summed E-state index contributed by atoms with van der Waals surface area (Å²) in [6.45, 7) is 0. The molecule has 7 heteroatoms. The van der Waals surface area contributed by atoms with E-state index in [0.29, 0.717) is 15.9 Å². The van der Waals surface area contributed by atoms with Gasteiger partial charge in [-0.05, 0) is 48.5 Å². The van der Waals surface area contributed by atoms with Crippen molar-refractivity contribution in [3.8, 4) is 0 Å². The van der Waals surface area contributed by atoms with Crippen LogP contribution in [0.1, 0.15) is 16.7 Å². The molecule has 0 radical (unpaired) electrons. The highest BCUT2D eigenvalue weighted by atomic mass is 31.2. The number of hydrogen-bond acceptors (Lipinski definition) is 0. The second-order valence-electron chi connectivity index (χ2n) is 7.80. The second-order valence-corrected chi connectivity index (χ2v) is 11.3. The molecule has 0 heterocycles. The predicted octanol–water partition coefficient (Wildman–Crippen LogP) is 7.22. The Hall–Kier alpha value is -3.11. The summed E-state index contributed by atoms with van der Waals surface area (Å²) in [5.41, 5.74) is -3.24. The van der Waals surface area contributed by atoms with Gasteiger partial charge in [-0.1, -0.05) is 60.7 Å². The standard InChI is InChI=1S/C27H20F6P/c28-26(29,30)24-17-10-18-25(27(31,32)33)23(24)19-34(20-11-4-1-5-12-20,21-13-6-2-7-14-21)22-15-8-3-9-16-22/h1-18H,19H2/q+1. The van der Waals surface area contributed by atoms with Gasteiger partial charge in [0.1, 0.15) is 23.2 Å². The van der Waals surface area contributed by atoms with E-state index in [0.717, 1.165) is 18.2 Å². The Morgan fingerprint density at radius 3 is 1.06 bits per heavy atom. The molecule has 0 aliphatic rings. The highest BCUT2D eigenvalue weighted by Crippen LogP contribution is 2.60. The van der Waals surface area contributed by atoms with Crippen LogP contribution in [0.3, 0.4) is 0 Å². The molecule has 4 aromatic carbocycles. The van der Waals surface area contributed by atoms with E-state index in [1.165, 1.54) is 0 Å². The van der Waals surface area contributed by atoms with E-state index in [4.69, 9.17) is 0 Å². The lowest BCUT2D eigenvalue weighted by molar-refractivity contribution is -0.144. The first-order valence-electron chi connectivity index (χ1n) is 10.5. The number of alkyl halides is 6. The first-order chi connectivity index (χ1) is 16.1. The molecule has 4 aromatic rings. The minimum atomic E-state index is -4.93. The smallest absolute Gasteiger partial charge is 0.166 e. The van der Waals surface area contributed by atoms with Crippen molar-refractivity contribution in [3.05, 3.63) is 126 Å². The second kappa shape index (κ2) is 9.27. The van der Waals surface area contributed by atoms with Crippen LogP contribution in [0.4, 0.5) is 26.3 Å². The molecule has 174 valence electrons. The molecule has 0 N–H and O–H groups in total. The first kappa shape index (κ1) is 24.0. The predicted molar refractivity (Wildman–Crippen MR) is 125 cm³/mol. The SMILES string of the molecule is FC(F)(F)c1cccc(C(F)(F)F)c1C[P+](c1ccccc1)(c1ccccc1)c1ccccc1. The Morgan fingerprint density at radius 1 is 0.441 bits per heavy atom. The van der Waals surface area contributed by atoms with Crippen LogP contribution < -0.4 is 15.9 Å². The van der Waals surface area contributed by atoms with Crippen molar-refractivity contribution in [2.45, 2.75) is 18.5 Å². The van der Waals surface area contributed by atoms with Crippen LogP contribution in [0.5, 0.6) is 0 Å². The Kier molecular flexibility index (Phi) is 6.55. The lowest BCUT2D eigenvalue weighted by atomic mass is 10.0. The molecule has 0 saturated carbocycles. The van der Waals surface area contributed by atoms with Crippen LogP contribution in [-0.2, 0) is 18.5 Å². The number of rotatable bonds is 5. The lowest BCUT2D eigenvalue weighted by Gasteiger charge is -2.30. The van der Waals surface area contributed by atoms with E-state index < -0.39 is 42.5 Å². The van der Waals surface area contributed by atoms with Crippen LogP contribution in [0, 0.1) is 0 Å². The fraction of sp³-hybridized carbons (Fsp3) is 0.111. The highest BCUT2D eigenvalue weighted by Gasteiger charge is 2.50. The monoisotopic (exact) mass is 489 g/mol. The molecule has 0 saturated heterocycles. The molecule has 0 aliphatic heterocycles. The third-order valence-electron chi connectivity index (χ3n) is 5.77. The van der Waals surface area contributed by atoms with Gasteiger partial charge in [0.05, 0.1) is 17.3 Å². The molecule has 0 nitrogen and oxygen atoms in total. The zero-order chi connectivity index (χ0) is 24.4. The van der Waals surface area contributed by atoms with Crippen molar-refractivity contribution < 1.29 is 26.3 Å². The summed E-state index contributed by atoms with van der Waals surface area (Å²) in [6, 6.07) is 28.9. The van der Waals surface area contributed by atoms with Gasteiger partial charge < -0.3 is 0 Å². The Bertz CT molecular complexity index is 1100. The van der Waals surface area contributed by atoms with Crippen molar-refractivity contribution >= 4 is 23.2 Å². The van der Waals surface area contributed by atoms with Crippen molar-refractivity contribution in [3.63, 3.8) is 0 Å². The van der Waals surface area contributed by atoms with Crippen LogP contribution in [0.25, 0.3) is 0 Å². The van der Waals surface area contributed by atoms with E-state index in [1.54, 1.807) is 91.0 Å². The van der Waals surface area contributed by atoms with Crippen molar-refractivity contribution in [1.29, 1.82) is 0 Å². The van der Waals surface area contributed by atoms with Gasteiger partial charge >= 0.3 is 12.4 Å². The summed E-state index contributed by atoms with van der Waals surface area (Å²) in [5.74, 6) is 0. The summed E-state index contributed by atoms with van der Waals surface area (Å²) in [7, 11) is -2.97. The Morgan fingerprint density at radius 2 is 0.765 bits per heavy atom. The molecule has 0 aliphatic carbocycles. The minimum absolute atomic E-state index is 0.421. The molecule has 4 rings (SSSR count). The van der Waals surface area contributed by atoms with Gasteiger partial charge in [0.25, 0.3) is 0 Å². The first-order valence-corrected chi connectivity index (χ1v) is 12.4.